The Morgan fingerprint density at radius 2 is 2.00 bits per heavy atom. The van der Waals surface area contributed by atoms with Gasteiger partial charge in [-0.05, 0) is 25.1 Å². The van der Waals surface area contributed by atoms with E-state index < -0.39 is 24.6 Å². The summed E-state index contributed by atoms with van der Waals surface area (Å²) in [7, 11) is 2.72. The molecular formula is C16H18F2N2O5. The van der Waals surface area contributed by atoms with Crippen molar-refractivity contribution in [3.63, 3.8) is 0 Å². The van der Waals surface area contributed by atoms with E-state index in [1.54, 1.807) is 0 Å². The largest absolute Gasteiger partial charge is 0.493 e. The van der Waals surface area contributed by atoms with Crippen LogP contribution in [-0.4, -0.2) is 50.2 Å². The Morgan fingerprint density at radius 1 is 1.32 bits per heavy atom. The molecule has 136 valence electrons. The second kappa shape index (κ2) is 9.42. The van der Waals surface area contributed by atoms with Gasteiger partial charge in [0, 0.05) is 13.6 Å². The molecule has 1 amide bonds. The average Bonchev–Trinajstić information content (AvgIpc) is 2.58. The van der Waals surface area contributed by atoms with Gasteiger partial charge in [0.15, 0.2) is 17.6 Å². The van der Waals surface area contributed by atoms with Crippen molar-refractivity contribution in [1.29, 1.82) is 5.26 Å². The smallest absolute Gasteiger partial charge is 0.387 e. The van der Waals surface area contributed by atoms with E-state index in [1.807, 2.05) is 6.07 Å². The highest BCUT2D eigenvalue weighted by atomic mass is 19.3. The van der Waals surface area contributed by atoms with Crippen LogP contribution < -0.4 is 9.47 Å². The minimum atomic E-state index is -3.03. The van der Waals surface area contributed by atoms with Gasteiger partial charge in [0.2, 0.25) is 0 Å². The molecule has 0 bridgehead atoms. The standard InChI is InChI=1S/C16H18F2N2O5/c1-10(14(21)20(2)8-4-7-19)24-15(22)11-5-6-12(25-16(17)18)13(9-11)23-3/h5-6,9-10,16H,4,8H2,1-3H3/t10-/m0/s1. The molecule has 0 N–H and O–H groups in total. The third-order valence-corrected chi connectivity index (χ3v) is 3.18. The first kappa shape index (κ1) is 20.2. The number of amides is 1. The molecule has 0 unspecified atom stereocenters. The molecule has 9 heteroatoms. The number of benzene rings is 1. The van der Waals surface area contributed by atoms with Crippen molar-refractivity contribution in [3.8, 4) is 17.6 Å². The minimum Gasteiger partial charge on any atom is -0.493 e. The fraction of sp³-hybridized carbons (Fsp3) is 0.438. The number of nitrogens with zero attached hydrogens (tertiary/aromatic N) is 2. The highest BCUT2D eigenvalue weighted by molar-refractivity contribution is 5.92. The summed E-state index contributed by atoms with van der Waals surface area (Å²) in [6.45, 7) is -1.42. The van der Waals surface area contributed by atoms with Gasteiger partial charge in [0.1, 0.15) is 0 Å². The number of rotatable bonds is 8. The molecule has 0 aliphatic rings. The quantitative estimate of drug-likeness (QED) is 0.664. The van der Waals surface area contributed by atoms with E-state index in [0.29, 0.717) is 0 Å². The molecule has 1 aromatic carbocycles. The number of ether oxygens (including phenoxy) is 3. The SMILES string of the molecule is COc1cc(C(=O)O[C@@H](C)C(=O)N(C)CCC#N)ccc1OC(F)F. The van der Waals surface area contributed by atoms with Gasteiger partial charge in [-0.1, -0.05) is 0 Å². The van der Waals surface area contributed by atoms with Gasteiger partial charge in [-0.2, -0.15) is 14.0 Å². The van der Waals surface area contributed by atoms with Gasteiger partial charge in [-0.15, -0.1) is 0 Å². The van der Waals surface area contributed by atoms with Gasteiger partial charge >= 0.3 is 12.6 Å². The van der Waals surface area contributed by atoms with E-state index >= 15 is 0 Å². The number of alkyl halides is 2. The molecule has 25 heavy (non-hydrogen) atoms. The molecule has 1 atom stereocenters. The van der Waals surface area contributed by atoms with Crippen LogP contribution in [0.3, 0.4) is 0 Å². The lowest BCUT2D eigenvalue weighted by atomic mass is 10.2. The van der Waals surface area contributed by atoms with E-state index in [2.05, 4.69) is 4.74 Å². The first-order chi connectivity index (χ1) is 11.8. The summed E-state index contributed by atoms with van der Waals surface area (Å²) >= 11 is 0. The number of esters is 1. The Bertz CT molecular complexity index is 660. The molecule has 0 radical (unpaired) electrons. The normalized spacial score (nSPS) is 11.4. The van der Waals surface area contributed by atoms with E-state index in [4.69, 9.17) is 14.7 Å². The van der Waals surface area contributed by atoms with Gasteiger partial charge in [0.05, 0.1) is 25.2 Å². The summed E-state index contributed by atoms with van der Waals surface area (Å²) in [4.78, 5) is 25.4. The van der Waals surface area contributed by atoms with Crippen LogP contribution in [-0.2, 0) is 9.53 Å². The maximum atomic E-state index is 12.3. The van der Waals surface area contributed by atoms with E-state index in [9.17, 15) is 18.4 Å². The minimum absolute atomic E-state index is 0.0118. The number of nitriles is 1. The van der Waals surface area contributed by atoms with Crippen LogP contribution in [0.15, 0.2) is 18.2 Å². The number of carbonyl (C=O) groups is 2. The molecule has 0 aromatic heterocycles. The van der Waals surface area contributed by atoms with Crippen molar-refractivity contribution in [1.82, 2.24) is 4.90 Å². The van der Waals surface area contributed by atoms with Crippen molar-refractivity contribution < 1.29 is 32.6 Å². The summed E-state index contributed by atoms with van der Waals surface area (Å²) in [5.74, 6) is -1.58. The molecule has 0 saturated carbocycles. The number of likely N-dealkylation sites (N-methyl/N-ethyl adjacent to an activating group) is 1. The molecule has 1 aromatic rings. The van der Waals surface area contributed by atoms with Gasteiger partial charge in [-0.3, -0.25) is 4.79 Å². The van der Waals surface area contributed by atoms with Crippen LogP contribution in [0.4, 0.5) is 8.78 Å². The number of hydrogen-bond donors (Lipinski definition) is 0. The Hall–Kier alpha value is -2.89. The monoisotopic (exact) mass is 356 g/mol. The average molecular weight is 356 g/mol. The summed E-state index contributed by atoms with van der Waals surface area (Å²) in [5.41, 5.74) is 0.0118. The van der Waals surface area contributed by atoms with Gasteiger partial charge in [-0.25, -0.2) is 4.79 Å². The van der Waals surface area contributed by atoms with Crippen LogP contribution in [0.1, 0.15) is 23.7 Å². The molecule has 0 aliphatic carbocycles. The maximum Gasteiger partial charge on any atom is 0.387 e. The fourth-order valence-electron chi connectivity index (χ4n) is 1.91. The number of carbonyl (C=O) groups excluding carboxylic acids is 2. The number of methoxy groups -OCH3 is 1. The Kier molecular flexibility index (Phi) is 7.59. The van der Waals surface area contributed by atoms with Crippen molar-refractivity contribution in [2.45, 2.75) is 26.1 Å². The first-order valence-corrected chi connectivity index (χ1v) is 7.25. The zero-order valence-electron chi connectivity index (χ0n) is 14.0. The Labute approximate surface area is 143 Å². The molecule has 0 fully saturated rings. The van der Waals surface area contributed by atoms with Crippen molar-refractivity contribution in [3.05, 3.63) is 23.8 Å². The van der Waals surface area contributed by atoms with Crippen LogP contribution in [0.25, 0.3) is 0 Å². The van der Waals surface area contributed by atoms with Crippen molar-refractivity contribution in [2.24, 2.45) is 0 Å². The van der Waals surface area contributed by atoms with Crippen LogP contribution in [0.2, 0.25) is 0 Å². The zero-order valence-corrected chi connectivity index (χ0v) is 14.0. The Morgan fingerprint density at radius 3 is 2.56 bits per heavy atom. The highest BCUT2D eigenvalue weighted by Crippen LogP contribution is 2.29. The summed E-state index contributed by atoms with van der Waals surface area (Å²) in [6, 6.07) is 5.45. The molecular weight excluding hydrogens is 338 g/mol. The lowest BCUT2D eigenvalue weighted by molar-refractivity contribution is -0.138. The summed E-state index contributed by atoms with van der Waals surface area (Å²) < 4.78 is 38.8. The fourth-order valence-corrected chi connectivity index (χ4v) is 1.91. The Balaban J connectivity index is 2.80. The highest BCUT2D eigenvalue weighted by Gasteiger charge is 2.23. The molecule has 0 heterocycles. The second-order valence-corrected chi connectivity index (χ2v) is 4.96. The molecule has 0 aliphatic heterocycles. The van der Waals surface area contributed by atoms with E-state index in [1.165, 1.54) is 38.1 Å². The van der Waals surface area contributed by atoms with Crippen LogP contribution >= 0.6 is 0 Å². The summed E-state index contributed by atoms with van der Waals surface area (Å²) in [6.07, 6.45) is -0.912. The predicted octanol–water partition coefficient (Wildman–Crippen LogP) is 2.21. The number of hydrogen-bond acceptors (Lipinski definition) is 6. The first-order valence-electron chi connectivity index (χ1n) is 7.25. The zero-order chi connectivity index (χ0) is 19.0. The number of halogens is 2. The molecule has 0 spiro atoms. The van der Waals surface area contributed by atoms with E-state index in [0.717, 1.165) is 6.07 Å². The molecule has 0 saturated heterocycles. The van der Waals surface area contributed by atoms with Crippen molar-refractivity contribution in [2.75, 3.05) is 20.7 Å². The third kappa shape index (κ3) is 5.91. The van der Waals surface area contributed by atoms with Crippen molar-refractivity contribution >= 4 is 11.9 Å². The van der Waals surface area contributed by atoms with Gasteiger partial charge in [0.25, 0.3) is 5.91 Å². The lowest BCUT2D eigenvalue weighted by Gasteiger charge is -2.20. The molecule has 1 rings (SSSR count). The predicted molar refractivity (Wildman–Crippen MR) is 82.4 cm³/mol. The topological polar surface area (TPSA) is 88.9 Å². The molecule has 7 nitrogen and oxygen atoms in total. The lowest BCUT2D eigenvalue weighted by Crippen LogP contribution is -2.37. The van der Waals surface area contributed by atoms with Gasteiger partial charge < -0.3 is 19.1 Å². The van der Waals surface area contributed by atoms with Crippen LogP contribution in [0, 0.1) is 11.3 Å². The van der Waals surface area contributed by atoms with E-state index in [-0.39, 0.29) is 30.0 Å². The summed E-state index contributed by atoms with van der Waals surface area (Å²) in [5, 5.41) is 8.51. The maximum absolute atomic E-state index is 12.3. The third-order valence-electron chi connectivity index (χ3n) is 3.18. The second-order valence-electron chi connectivity index (χ2n) is 4.96. The van der Waals surface area contributed by atoms with Crippen LogP contribution in [0.5, 0.6) is 11.5 Å².